The van der Waals surface area contributed by atoms with E-state index in [1.807, 2.05) is 0 Å². The zero-order chi connectivity index (χ0) is 19.1. The molecule has 0 fully saturated rings. The average molecular weight is 388 g/mol. The van der Waals surface area contributed by atoms with Crippen LogP contribution in [0.2, 0.25) is 44.3 Å². The zero-order valence-corrected chi connectivity index (χ0v) is 20.7. The minimum Gasteiger partial charge on any atom is -0.353 e. The van der Waals surface area contributed by atoms with E-state index in [1.165, 1.54) is 5.19 Å². The molecule has 2 rings (SSSR count). The number of allylic oxidation sites excluding steroid dienone is 4. The molecule has 1 unspecified atom stereocenters. The smallest absolute Gasteiger partial charge is 0.176 e. The molecule has 138 valence electrons. The van der Waals surface area contributed by atoms with Crippen LogP contribution >= 0.6 is 0 Å². The van der Waals surface area contributed by atoms with Crippen LogP contribution < -0.4 is 9.83 Å². The monoisotopic (exact) mass is 387 g/mol. The lowest BCUT2D eigenvalue weighted by Crippen LogP contribution is -2.67. The van der Waals surface area contributed by atoms with Gasteiger partial charge in [-0.3, -0.25) is 0 Å². The minimum absolute atomic E-state index is 0.368. The summed E-state index contributed by atoms with van der Waals surface area (Å²) in [7, 11) is -4.88. The number of rotatable bonds is 5. The van der Waals surface area contributed by atoms with E-state index in [1.54, 1.807) is 10.4 Å². The molecule has 0 heterocycles. The van der Waals surface area contributed by atoms with Crippen LogP contribution in [0.5, 0.6) is 0 Å². The van der Waals surface area contributed by atoms with Crippen molar-refractivity contribution in [1.82, 2.24) is 4.65 Å². The Morgan fingerprint density at radius 3 is 1.92 bits per heavy atom. The van der Waals surface area contributed by atoms with Crippen LogP contribution in [0.4, 0.5) is 0 Å². The molecular formula is C21H37NSi3. The van der Waals surface area contributed by atoms with Crippen LogP contribution in [0, 0.1) is 0 Å². The van der Waals surface area contributed by atoms with Crippen molar-refractivity contribution in [1.29, 1.82) is 0 Å². The Morgan fingerprint density at radius 1 is 0.880 bits per heavy atom. The van der Waals surface area contributed by atoms with Crippen LogP contribution in [0.3, 0.4) is 0 Å². The lowest BCUT2D eigenvalue weighted by Gasteiger charge is -2.43. The largest absolute Gasteiger partial charge is 0.353 e. The van der Waals surface area contributed by atoms with Crippen molar-refractivity contribution in [3.05, 3.63) is 52.9 Å². The normalized spacial score (nSPS) is 18.6. The highest BCUT2D eigenvalue weighted by Gasteiger charge is 2.45. The number of hydrogen-bond donors (Lipinski definition) is 1. The summed E-state index contributed by atoms with van der Waals surface area (Å²) in [6.07, 6.45) is 6.04. The molecule has 25 heavy (non-hydrogen) atoms. The average Bonchev–Trinajstić information content (AvgIpc) is 2.96. The third kappa shape index (κ3) is 4.18. The summed E-state index contributed by atoms with van der Waals surface area (Å²) in [5.41, 5.74) is 0. The van der Waals surface area contributed by atoms with Gasteiger partial charge in [0.05, 0.1) is 8.07 Å². The molecule has 0 bridgehead atoms. The van der Waals surface area contributed by atoms with E-state index in [0.717, 1.165) is 6.42 Å². The highest BCUT2D eigenvalue weighted by molar-refractivity contribution is 7.04. The molecule has 1 nitrogen and oxygen atoms in total. The van der Waals surface area contributed by atoms with E-state index in [0.29, 0.717) is 5.04 Å². The van der Waals surface area contributed by atoms with Gasteiger partial charge in [-0.05, 0) is 23.2 Å². The quantitative estimate of drug-likeness (QED) is 0.635. The van der Waals surface area contributed by atoms with Crippen molar-refractivity contribution in [2.45, 2.75) is 71.5 Å². The van der Waals surface area contributed by atoms with Crippen molar-refractivity contribution in [3.8, 4) is 0 Å². The molecule has 0 aromatic heterocycles. The van der Waals surface area contributed by atoms with Crippen molar-refractivity contribution in [2.24, 2.45) is 0 Å². The summed E-state index contributed by atoms with van der Waals surface area (Å²) in [4.78, 5) is 0. The maximum atomic E-state index is 4.25. The molecule has 0 amide bonds. The SMILES string of the molecule is CC(C)(C)[Si](C)(C)C1=C([Si](C)(N[Si](C)(C)C)c2ccccc2)CC=C1. The van der Waals surface area contributed by atoms with Crippen LogP contribution in [0.25, 0.3) is 0 Å². The van der Waals surface area contributed by atoms with Gasteiger partial charge in [0.15, 0.2) is 8.24 Å². The Bertz CT molecular complexity index is 675. The Kier molecular flexibility index (Phi) is 5.61. The summed E-state index contributed by atoms with van der Waals surface area (Å²) < 4.78 is 4.25. The summed E-state index contributed by atoms with van der Waals surface area (Å²) in [6.45, 7) is 22.3. The molecule has 1 aliphatic carbocycles. The van der Waals surface area contributed by atoms with Crippen molar-refractivity contribution in [2.75, 3.05) is 0 Å². The molecule has 1 aromatic carbocycles. The molecule has 4 heteroatoms. The fourth-order valence-corrected chi connectivity index (χ4v) is 17.2. The van der Waals surface area contributed by atoms with E-state index in [-0.39, 0.29) is 0 Å². The zero-order valence-electron chi connectivity index (χ0n) is 17.7. The summed E-state index contributed by atoms with van der Waals surface area (Å²) >= 11 is 0. The minimum atomic E-state index is -1.92. The fraction of sp³-hybridized carbons (Fsp3) is 0.524. The molecule has 1 N–H and O–H groups in total. The second-order valence-electron chi connectivity index (χ2n) is 10.2. The molecule has 1 atom stereocenters. The van der Waals surface area contributed by atoms with Gasteiger partial charge in [-0.25, -0.2) is 0 Å². The van der Waals surface area contributed by atoms with Crippen molar-refractivity contribution < 1.29 is 0 Å². The maximum Gasteiger partial charge on any atom is 0.176 e. The first-order valence-corrected chi connectivity index (χ1v) is 18.5. The highest BCUT2D eigenvalue weighted by Crippen LogP contribution is 2.45. The predicted octanol–water partition coefficient (Wildman–Crippen LogP) is 5.74. The molecule has 0 saturated heterocycles. The summed E-state index contributed by atoms with van der Waals surface area (Å²) in [6, 6.07) is 11.3. The van der Waals surface area contributed by atoms with Gasteiger partial charge in [-0.15, -0.1) is 0 Å². The van der Waals surface area contributed by atoms with Crippen LogP contribution in [0.15, 0.2) is 52.9 Å². The second-order valence-corrected chi connectivity index (χ2v) is 24.5. The van der Waals surface area contributed by atoms with Crippen LogP contribution in [-0.4, -0.2) is 24.5 Å². The Labute approximate surface area is 158 Å². The molecule has 1 aromatic rings. The van der Waals surface area contributed by atoms with Crippen molar-refractivity contribution in [3.63, 3.8) is 0 Å². The van der Waals surface area contributed by atoms with Gasteiger partial charge in [-0.2, -0.15) is 0 Å². The molecular weight excluding hydrogens is 350 g/mol. The predicted molar refractivity (Wildman–Crippen MR) is 122 cm³/mol. The van der Waals surface area contributed by atoms with Gasteiger partial charge in [0.2, 0.25) is 0 Å². The van der Waals surface area contributed by atoms with E-state index in [4.69, 9.17) is 0 Å². The van der Waals surface area contributed by atoms with Crippen LogP contribution in [0.1, 0.15) is 27.2 Å². The molecule has 0 spiro atoms. The first-order chi connectivity index (χ1) is 11.3. The second kappa shape index (κ2) is 6.80. The van der Waals surface area contributed by atoms with Gasteiger partial charge in [0, 0.05) is 0 Å². The van der Waals surface area contributed by atoms with Gasteiger partial charge in [-0.1, -0.05) is 106 Å². The third-order valence-corrected chi connectivity index (χ3v) is 20.0. The molecule has 0 radical (unpaired) electrons. The number of nitrogens with one attached hydrogen (secondary N) is 1. The first kappa shape index (κ1) is 20.6. The third-order valence-electron chi connectivity index (χ3n) is 6.06. The van der Waals surface area contributed by atoms with Gasteiger partial charge < -0.3 is 4.65 Å². The summed E-state index contributed by atoms with van der Waals surface area (Å²) in [5, 5.41) is 5.36. The Hall–Kier alpha value is -0.689. The number of hydrogen-bond acceptors (Lipinski definition) is 1. The fourth-order valence-electron chi connectivity index (χ4n) is 3.81. The highest BCUT2D eigenvalue weighted by atomic mass is 28.4. The van der Waals surface area contributed by atoms with Gasteiger partial charge >= 0.3 is 0 Å². The molecule has 0 saturated carbocycles. The van der Waals surface area contributed by atoms with E-state index < -0.39 is 24.5 Å². The van der Waals surface area contributed by atoms with E-state index in [9.17, 15) is 0 Å². The summed E-state index contributed by atoms with van der Waals surface area (Å²) in [5.74, 6) is 0. The molecule has 1 aliphatic rings. The van der Waals surface area contributed by atoms with Crippen molar-refractivity contribution >= 4 is 29.7 Å². The Balaban J connectivity index is 2.67. The lowest BCUT2D eigenvalue weighted by molar-refractivity contribution is 0.726. The number of benzene rings is 1. The van der Waals surface area contributed by atoms with E-state index in [2.05, 4.69) is 107 Å². The van der Waals surface area contributed by atoms with Gasteiger partial charge in [0.1, 0.15) is 8.24 Å². The van der Waals surface area contributed by atoms with E-state index >= 15 is 0 Å². The first-order valence-electron chi connectivity index (χ1n) is 9.54. The standard InChI is InChI=1S/C21H37NSi3/c1-21(2,3)24(7,8)19-16-13-17-20(19)25(9,22-23(4,5)6)18-14-11-10-12-15-18/h10-16,22H,17H2,1-9H3. The Morgan fingerprint density at radius 2 is 1.44 bits per heavy atom. The lowest BCUT2D eigenvalue weighted by atomic mass is 10.2. The molecule has 0 aliphatic heterocycles. The topological polar surface area (TPSA) is 12.0 Å². The van der Waals surface area contributed by atoms with Gasteiger partial charge in [0.25, 0.3) is 0 Å². The maximum absolute atomic E-state index is 4.25. The van der Waals surface area contributed by atoms with Crippen LogP contribution in [-0.2, 0) is 0 Å².